The molecule has 9 nitrogen and oxygen atoms in total. The lowest BCUT2D eigenvalue weighted by Gasteiger charge is -2.38. The Morgan fingerprint density at radius 2 is 1.39 bits per heavy atom. The third kappa shape index (κ3) is 4.58. The summed E-state index contributed by atoms with van der Waals surface area (Å²) in [4.78, 5) is 25.7. The molecule has 1 aliphatic heterocycles. The van der Waals surface area contributed by atoms with Crippen LogP contribution in [0.25, 0.3) is 21.8 Å². The van der Waals surface area contributed by atoms with Gasteiger partial charge >= 0.3 is 0 Å². The van der Waals surface area contributed by atoms with Gasteiger partial charge in [-0.1, -0.05) is 36.4 Å². The zero-order chi connectivity index (χ0) is 22.7. The van der Waals surface area contributed by atoms with E-state index < -0.39 is 5.54 Å². The number of benzene rings is 2. The van der Waals surface area contributed by atoms with Crippen molar-refractivity contribution in [1.82, 2.24) is 31.0 Å². The van der Waals surface area contributed by atoms with E-state index in [9.17, 15) is 9.59 Å². The van der Waals surface area contributed by atoms with Crippen molar-refractivity contribution >= 4 is 33.6 Å². The number of hydrogen-bond donors (Lipinski definition) is 4. The van der Waals surface area contributed by atoms with Crippen LogP contribution in [0, 0.1) is 0 Å². The number of fused-ring (bicyclic) bond motifs is 2. The Morgan fingerprint density at radius 1 is 0.848 bits per heavy atom. The van der Waals surface area contributed by atoms with Crippen LogP contribution in [0.5, 0.6) is 0 Å². The molecule has 4 N–H and O–H groups in total. The first-order valence-electron chi connectivity index (χ1n) is 11.1. The monoisotopic (exact) mass is 446 g/mol. The van der Waals surface area contributed by atoms with E-state index in [4.69, 9.17) is 4.74 Å². The molecule has 0 bridgehead atoms. The molecule has 0 atom stereocenters. The van der Waals surface area contributed by atoms with Gasteiger partial charge in [-0.3, -0.25) is 19.8 Å². The molecule has 0 saturated carbocycles. The Hall–Kier alpha value is -3.72. The molecule has 33 heavy (non-hydrogen) atoms. The van der Waals surface area contributed by atoms with Crippen LogP contribution in [-0.2, 0) is 27.2 Å². The predicted octanol–water partition coefficient (Wildman–Crippen LogP) is 2.01. The molecule has 170 valence electrons. The lowest BCUT2D eigenvalue weighted by atomic mass is 9.89. The minimum Gasteiger partial charge on any atom is -0.381 e. The molecular formula is C24H26N6O3. The summed E-state index contributed by atoms with van der Waals surface area (Å²) in [6.45, 7) is 1.42. The largest absolute Gasteiger partial charge is 0.381 e. The van der Waals surface area contributed by atoms with E-state index in [1.165, 1.54) is 0 Å². The van der Waals surface area contributed by atoms with Crippen LogP contribution in [0.4, 0.5) is 0 Å². The van der Waals surface area contributed by atoms with Crippen LogP contribution in [-0.4, -0.2) is 57.5 Å². The number of hydrogen-bond acceptors (Lipinski definition) is 5. The molecule has 2 aromatic carbocycles. The quantitative estimate of drug-likeness (QED) is 0.346. The van der Waals surface area contributed by atoms with Crippen LogP contribution >= 0.6 is 0 Å². The van der Waals surface area contributed by atoms with Gasteiger partial charge in [0.1, 0.15) is 0 Å². The summed E-state index contributed by atoms with van der Waals surface area (Å²) in [5, 5.41) is 22.5. The Morgan fingerprint density at radius 3 is 2.00 bits per heavy atom. The molecular weight excluding hydrogens is 420 g/mol. The fraction of sp³-hybridized carbons (Fsp3) is 0.333. The Bertz CT molecular complexity index is 1290. The van der Waals surface area contributed by atoms with Gasteiger partial charge in [0.2, 0.25) is 11.8 Å². The molecule has 1 saturated heterocycles. The van der Waals surface area contributed by atoms with E-state index in [2.05, 4.69) is 31.0 Å². The number of aromatic nitrogens is 4. The average molecular weight is 447 g/mol. The Balaban J connectivity index is 1.23. The number of carbonyl (C=O) groups is 2. The lowest BCUT2D eigenvalue weighted by molar-refractivity contribution is -0.125. The second kappa shape index (κ2) is 9.03. The Kier molecular flexibility index (Phi) is 5.78. The standard InChI is InChI=1S/C24H26N6O3/c31-22(13-20-16-5-1-3-7-18(16)27-29-20)25-15-24(9-11-33-12-10-24)26-23(32)14-21-17-6-2-4-8-19(17)28-30-21/h1-8H,9-15H2,(H,25,31)(H,26,32)(H,27,29)(H,28,30). The summed E-state index contributed by atoms with van der Waals surface area (Å²) in [7, 11) is 0. The molecule has 0 unspecified atom stereocenters. The molecule has 9 heteroatoms. The van der Waals surface area contributed by atoms with Gasteiger partial charge in [0.25, 0.3) is 0 Å². The number of rotatable bonds is 7. The molecule has 1 aliphatic rings. The van der Waals surface area contributed by atoms with Crippen molar-refractivity contribution in [3.05, 3.63) is 59.9 Å². The predicted molar refractivity (Wildman–Crippen MR) is 124 cm³/mol. The summed E-state index contributed by atoms with van der Waals surface area (Å²) in [5.74, 6) is -0.232. The minimum atomic E-state index is -0.545. The topological polar surface area (TPSA) is 125 Å². The van der Waals surface area contributed by atoms with E-state index in [1.807, 2.05) is 48.5 Å². The molecule has 0 radical (unpaired) electrons. The summed E-state index contributed by atoms with van der Waals surface area (Å²) in [6, 6.07) is 15.4. The molecule has 2 aromatic heterocycles. The van der Waals surface area contributed by atoms with Gasteiger partial charge in [-0.25, -0.2) is 0 Å². The third-order valence-electron chi connectivity index (χ3n) is 6.23. The summed E-state index contributed by atoms with van der Waals surface area (Å²) < 4.78 is 5.52. The SMILES string of the molecule is O=C(Cc1[nH]nc2ccccc12)NCC1(NC(=O)Cc2[nH]nc3ccccc23)CCOCC1. The van der Waals surface area contributed by atoms with Gasteiger partial charge in [0, 0.05) is 30.5 Å². The lowest BCUT2D eigenvalue weighted by Crippen LogP contribution is -2.58. The van der Waals surface area contributed by atoms with Crippen molar-refractivity contribution in [1.29, 1.82) is 0 Å². The highest BCUT2D eigenvalue weighted by Gasteiger charge is 2.34. The van der Waals surface area contributed by atoms with E-state index in [1.54, 1.807) is 0 Å². The number of nitrogens with zero attached hydrogens (tertiary/aromatic N) is 2. The number of para-hydroxylation sites is 2. The number of ether oxygens (including phenoxy) is 1. The second-order valence-corrected chi connectivity index (χ2v) is 8.51. The zero-order valence-corrected chi connectivity index (χ0v) is 18.2. The van der Waals surface area contributed by atoms with Crippen LogP contribution in [0.15, 0.2) is 48.5 Å². The van der Waals surface area contributed by atoms with Gasteiger partial charge < -0.3 is 15.4 Å². The number of aromatic amines is 2. The van der Waals surface area contributed by atoms with Crippen molar-refractivity contribution in [2.45, 2.75) is 31.2 Å². The first kappa shape index (κ1) is 21.1. The van der Waals surface area contributed by atoms with Gasteiger partial charge in [-0.15, -0.1) is 0 Å². The van der Waals surface area contributed by atoms with Gasteiger partial charge in [0.15, 0.2) is 0 Å². The van der Waals surface area contributed by atoms with E-state index in [0.29, 0.717) is 32.6 Å². The highest BCUT2D eigenvalue weighted by Crippen LogP contribution is 2.22. The van der Waals surface area contributed by atoms with E-state index in [0.717, 1.165) is 33.2 Å². The maximum atomic E-state index is 12.9. The normalized spacial score (nSPS) is 15.5. The smallest absolute Gasteiger partial charge is 0.226 e. The summed E-state index contributed by atoms with van der Waals surface area (Å²) in [6.07, 6.45) is 1.66. The van der Waals surface area contributed by atoms with Crippen LogP contribution < -0.4 is 10.6 Å². The highest BCUT2D eigenvalue weighted by molar-refractivity contribution is 5.88. The molecule has 2 amide bonds. The Labute approximate surface area is 190 Å². The fourth-order valence-electron chi connectivity index (χ4n) is 4.40. The van der Waals surface area contributed by atoms with E-state index in [-0.39, 0.29) is 24.7 Å². The number of nitrogens with one attached hydrogen (secondary N) is 4. The minimum absolute atomic E-state index is 0.111. The maximum Gasteiger partial charge on any atom is 0.226 e. The van der Waals surface area contributed by atoms with Crippen molar-refractivity contribution in [3.8, 4) is 0 Å². The first-order valence-corrected chi connectivity index (χ1v) is 11.1. The summed E-state index contributed by atoms with van der Waals surface area (Å²) in [5.41, 5.74) is 2.68. The fourth-order valence-corrected chi connectivity index (χ4v) is 4.40. The number of amides is 2. The van der Waals surface area contributed by atoms with Crippen LogP contribution in [0.1, 0.15) is 24.2 Å². The average Bonchev–Trinajstić information content (AvgIpc) is 3.43. The van der Waals surface area contributed by atoms with Crippen molar-refractivity contribution < 1.29 is 14.3 Å². The van der Waals surface area contributed by atoms with Gasteiger partial charge in [-0.2, -0.15) is 10.2 Å². The molecule has 0 aliphatic carbocycles. The van der Waals surface area contributed by atoms with E-state index >= 15 is 0 Å². The van der Waals surface area contributed by atoms with Crippen molar-refractivity contribution in [2.75, 3.05) is 19.8 Å². The molecule has 4 aromatic rings. The maximum absolute atomic E-state index is 12.9. The highest BCUT2D eigenvalue weighted by atomic mass is 16.5. The number of H-pyrrole nitrogens is 2. The van der Waals surface area contributed by atoms with Crippen molar-refractivity contribution in [3.63, 3.8) is 0 Å². The second-order valence-electron chi connectivity index (χ2n) is 8.51. The molecule has 3 heterocycles. The molecule has 0 spiro atoms. The molecule has 1 fully saturated rings. The third-order valence-corrected chi connectivity index (χ3v) is 6.23. The number of carbonyl (C=O) groups excluding carboxylic acids is 2. The van der Waals surface area contributed by atoms with Gasteiger partial charge in [-0.05, 0) is 25.0 Å². The molecule has 5 rings (SSSR count). The first-order chi connectivity index (χ1) is 16.1. The van der Waals surface area contributed by atoms with Crippen LogP contribution in [0.3, 0.4) is 0 Å². The van der Waals surface area contributed by atoms with Crippen molar-refractivity contribution in [2.24, 2.45) is 0 Å². The van der Waals surface area contributed by atoms with Gasteiger partial charge in [0.05, 0.1) is 40.8 Å². The van der Waals surface area contributed by atoms with Crippen LogP contribution in [0.2, 0.25) is 0 Å². The summed E-state index contributed by atoms with van der Waals surface area (Å²) >= 11 is 0. The zero-order valence-electron chi connectivity index (χ0n) is 18.2.